The second-order valence-electron chi connectivity index (χ2n) is 7.78. The second-order valence-corrected chi connectivity index (χ2v) is 7.78. The van der Waals surface area contributed by atoms with Crippen molar-refractivity contribution in [3.8, 4) is 0 Å². The highest BCUT2D eigenvalue weighted by Crippen LogP contribution is 2.32. The van der Waals surface area contributed by atoms with Gasteiger partial charge in [-0.25, -0.2) is 9.59 Å². The molecule has 0 fully saturated rings. The maximum absolute atomic E-state index is 12.1. The number of aliphatic carboxylic acids is 2. The molecule has 162 valence electrons. The Morgan fingerprint density at radius 1 is 0.594 bits per heavy atom. The third kappa shape index (κ3) is 3.95. The Kier molecular flexibility index (Phi) is 5.69. The van der Waals surface area contributed by atoms with Crippen molar-refractivity contribution in [3.05, 3.63) is 84.9 Å². The molecule has 0 saturated carbocycles. The van der Waals surface area contributed by atoms with E-state index in [0.29, 0.717) is 11.4 Å². The first kappa shape index (κ1) is 21.2. The van der Waals surface area contributed by atoms with Crippen LogP contribution in [0, 0.1) is 0 Å². The molecule has 0 amide bonds. The van der Waals surface area contributed by atoms with E-state index < -0.39 is 24.0 Å². The van der Waals surface area contributed by atoms with Crippen LogP contribution in [-0.4, -0.2) is 34.2 Å². The van der Waals surface area contributed by atoms with Gasteiger partial charge < -0.3 is 10.2 Å². The van der Waals surface area contributed by atoms with Crippen LogP contribution < -0.4 is 10.0 Å². The topological polar surface area (TPSA) is 81.1 Å². The van der Waals surface area contributed by atoms with Crippen LogP contribution in [0.15, 0.2) is 84.9 Å². The molecule has 0 unspecified atom stereocenters. The highest BCUT2D eigenvalue weighted by atomic mass is 16.4. The Morgan fingerprint density at radius 3 is 1.28 bits per heavy atom. The minimum atomic E-state index is -1.05. The first-order valence-corrected chi connectivity index (χ1v) is 10.4. The molecule has 0 spiro atoms. The zero-order chi connectivity index (χ0) is 22.8. The molecule has 6 heteroatoms. The van der Waals surface area contributed by atoms with Gasteiger partial charge in [-0.15, -0.1) is 0 Å². The number of fused-ring (bicyclic) bond motifs is 2. The minimum absolute atomic E-state index is 0.597. The van der Waals surface area contributed by atoms with E-state index in [2.05, 4.69) is 0 Å². The van der Waals surface area contributed by atoms with Crippen LogP contribution >= 0.6 is 0 Å². The molecule has 0 aliphatic carbocycles. The first-order valence-electron chi connectivity index (χ1n) is 10.4. The average molecular weight is 428 g/mol. The lowest BCUT2D eigenvalue weighted by atomic mass is 10.1. The molecule has 4 rings (SSSR count). The summed E-state index contributed by atoms with van der Waals surface area (Å²) in [5, 5.41) is 26.8. The minimum Gasteiger partial charge on any atom is -0.480 e. The van der Waals surface area contributed by atoms with Crippen LogP contribution in [0.1, 0.15) is 13.8 Å². The SMILES string of the molecule is C[C@@H](C(=O)O)N(c1ccc2ccccc2c1)N(c1ccc2ccccc2c1)[C@@H](C)C(=O)O. The Balaban J connectivity index is 1.93. The number of benzene rings is 4. The fourth-order valence-electron chi connectivity index (χ4n) is 3.92. The van der Waals surface area contributed by atoms with Gasteiger partial charge in [0.05, 0.1) is 11.4 Å². The number of carboxylic acids is 2. The Hall–Kier alpha value is -4.06. The number of hydrazine groups is 1. The van der Waals surface area contributed by atoms with Crippen molar-refractivity contribution in [1.82, 2.24) is 0 Å². The lowest BCUT2D eigenvalue weighted by Gasteiger charge is -2.43. The van der Waals surface area contributed by atoms with Crippen molar-refractivity contribution < 1.29 is 19.8 Å². The number of hydrogen-bond acceptors (Lipinski definition) is 4. The molecule has 0 aromatic heterocycles. The predicted octanol–water partition coefficient (Wildman–Crippen LogP) is 5.17. The monoisotopic (exact) mass is 428 g/mol. The molecule has 4 aromatic rings. The molecule has 0 aliphatic rings. The molecule has 0 saturated heterocycles. The van der Waals surface area contributed by atoms with E-state index in [9.17, 15) is 19.8 Å². The lowest BCUT2D eigenvalue weighted by molar-refractivity contribution is -0.140. The van der Waals surface area contributed by atoms with Crippen LogP contribution in [0.4, 0.5) is 11.4 Å². The summed E-state index contributed by atoms with van der Waals surface area (Å²) in [7, 11) is 0. The summed E-state index contributed by atoms with van der Waals surface area (Å²) in [6.45, 7) is 3.11. The third-order valence-corrected chi connectivity index (χ3v) is 5.68. The number of carboxylic acid groups (broad SMARTS) is 2. The van der Waals surface area contributed by atoms with Gasteiger partial charge in [0.2, 0.25) is 0 Å². The average Bonchev–Trinajstić information content (AvgIpc) is 2.81. The van der Waals surface area contributed by atoms with Crippen LogP contribution in [0.25, 0.3) is 21.5 Å². The Morgan fingerprint density at radius 2 is 0.938 bits per heavy atom. The van der Waals surface area contributed by atoms with E-state index in [-0.39, 0.29) is 0 Å². The summed E-state index contributed by atoms with van der Waals surface area (Å²) in [4.78, 5) is 24.2. The molecule has 2 atom stereocenters. The van der Waals surface area contributed by atoms with Crippen LogP contribution in [0.2, 0.25) is 0 Å². The molecule has 0 heterocycles. The molecular formula is C26H24N2O4. The second kappa shape index (κ2) is 8.59. The smallest absolute Gasteiger partial charge is 0.328 e. The van der Waals surface area contributed by atoms with Crippen LogP contribution in [0.3, 0.4) is 0 Å². The highest BCUT2D eigenvalue weighted by Gasteiger charge is 2.33. The number of anilines is 2. The van der Waals surface area contributed by atoms with Gasteiger partial charge in [0.1, 0.15) is 12.1 Å². The van der Waals surface area contributed by atoms with Crippen LogP contribution in [-0.2, 0) is 9.59 Å². The van der Waals surface area contributed by atoms with E-state index in [1.54, 1.807) is 23.9 Å². The van der Waals surface area contributed by atoms with Gasteiger partial charge in [0.25, 0.3) is 0 Å². The molecule has 0 radical (unpaired) electrons. The molecule has 0 bridgehead atoms. The van der Waals surface area contributed by atoms with Crippen molar-refractivity contribution in [2.24, 2.45) is 0 Å². The van der Waals surface area contributed by atoms with Crippen LogP contribution in [0.5, 0.6) is 0 Å². The molecule has 4 aromatic carbocycles. The van der Waals surface area contributed by atoms with Crippen molar-refractivity contribution in [2.75, 3.05) is 10.0 Å². The van der Waals surface area contributed by atoms with Gasteiger partial charge in [-0.1, -0.05) is 60.7 Å². The number of carbonyl (C=O) groups is 2. The summed E-state index contributed by atoms with van der Waals surface area (Å²) in [6.07, 6.45) is 0. The summed E-state index contributed by atoms with van der Waals surface area (Å²) in [5.74, 6) is -2.11. The summed E-state index contributed by atoms with van der Waals surface area (Å²) in [6, 6.07) is 24.8. The van der Waals surface area contributed by atoms with E-state index in [1.165, 1.54) is 0 Å². The quantitative estimate of drug-likeness (QED) is 0.396. The van der Waals surface area contributed by atoms with Gasteiger partial charge in [0.15, 0.2) is 0 Å². The third-order valence-electron chi connectivity index (χ3n) is 5.68. The molecule has 2 N–H and O–H groups in total. The number of nitrogens with zero attached hydrogens (tertiary/aromatic N) is 2. The van der Waals surface area contributed by atoms with Crippen molar-refractivity contribution >= 4 is 44.9 Å². The predicted molar refractivity (Wildman–Crippen MR) is 127 cm³/mol. The summed E-state index contributed by atoms with van der Waals surface area (Å²) in [5.41, 5.74) is 1.19. The molecule has 6 nitrogen and oxygen atoms in total. The normalized spacial score (nSPS) is 12.9. The van der Waals surface area contributed by atoms with Gasteiger partial charge in [0, 0.05) is 0 Å². The zero-order valence-electron chi connectivity index (χ0n) is 17.8. The first-order chi connectivity index (χ1) is 15.4. The van der Waals surface area contributed by atoms with Crippen molar-refractivity contribution in [1.29, 1.82) is 0 Å². The summed E-state index contributed by atoms with van der Waals surface area (Å²) >= 11 is 0. The summed E-state index contributed by atoms with van der Waals surface area (Å²) < 4.78 is 0. The highest BCUT2D eigenvalue weighted by molar-refractivity contribution is 5.91. The standard InChI is InChI=1S/C26H24N2O4/c1-17(25(29)30)27(23-13-11-19-7-3-5-9-21(19)15-23)28(18(2)26(31)32)24-14-12-20-8-4-6-10-22(20)16-24/h3-18H,1-2H3,(H,29,30)(H,31,32)/t17-,18-/m0/s1. The van der Waals surface area contributed by atoms with E-state index in [0.717, 1.165) is 21.5 Å². The maximum atomic E-state index is 12.1. The number of rotatable bonds is 7. The van der Waals surface area contributed by atoms with E-state index >= 15 is 0 Å². The Bertz CT molecular complexity index is 1200. The molecule has 32 heavy (non-hydrogen) atoms. The molecule has 0 aliphatic heterocycles. The van der Waals surface area contributed by atoms with E-state index in [4.69, 9.17) is 0 Å². The van der Waals surface area contributed by atoms with Gasteiger partial charge in [-0.2, -0.15) is 0 Å². The van der Waals surface area contributed by atoms with Crippen molar-refractivity contribution in [3.63, 3.8) is 0 Å². The largest absolute Gasteiger partial charge is 0.480 e. The van der Waals surface area contributed by atoms with Gasteiger partial charge >= 0.3 is 11.9 Å². The fraction of sp³-hybridized carbons (Fsp3) is 0.154. The fourth-order valence-corrected chi connectivity index (χ4v) is 3.92. The van der Waals surface area contributed by atoms with E-state index in [1.807, 2.05) is 84.9 Å². The van der Waals surface area contributed by atoms with Crippen molar-refractivity contribution in [2.45, 2.75) is 25.9 Å². The lowest BCUT2D eigenvalue weighted by Crippen LogP contribution is -2.57. The molecular weight excluding hydrogens is 404 g/mol. The number of hydrogen-bond donors (Lipinski definition) is 2. The maximum Gasteiger partial charge on any atom is 0.328 e. The zero-order valence-corrected chi connectivity index (χ0v) is 17.8. The van der Waals surface area contributed by atoms with Gasteiger partial charge in [-0.05, 0) is 59.7 Å². The van der Waals surface area contributed by atoms with Gasteiger partial charge in [-0.3, -0.25) is 10.0 Å². The Labute approximate surface area is 185 Å².